The molecule has 180 valence electrons. The fraction of sp³-hybridized carbons (Fsp3) is 0.0769. The molecule has 4 rings (SSSR count). The summed E-state index contributed by atoms with van der Waals surface area (Å²) >= 11 is 5.38. The summed E-state index contributed by atoms with van der Waals surface area (Å²) < 4.78 is 12.9. The highest BCUT2D eigenvalue weighted by Crippen LogP contribution is 2.36. The molecular formula is C26H17BrIN3O5. The van der Waals surface area contributed by atoms with Crippen LogP contribution in [0.3, 0.4) is 0 Å². The van der Waals surface area contributed by atoms with Crippen molar-refractivity contribution in [3.8, 4) is 17.6 Å². The molecule has 0 aromatic heterocycles. The lowest BCUT2D eigenvalue weighted by atomic mass is 10.1. The van der Waals surface area contributed by atoms with E-state index in [1.165, 1.54) is 13.2 Å². The van der Waals surface area contributed by atoms with Crippen LogP contribution in [-0.4, -0.2) is 25.0 Å². The van der Waals surface area contributed by atoms with Crippen LogP contribution in [0.5, 0.6) is 11.5 Å². The largest absolute Gasteiger partial charge is 0.493 e. The molecule has 36 heavy (non-hydrogen) atoms. The lowest BCUT2D eigenvalue weighted by molar-refractivity contribution is -0.122. The quantitative estimate of drug-likeness (QED) is 0.222. The molecule has 3 aromatic carbocycles. The van der Waals surface area contributed by atoms with Gasteiger partial charge in [-0.05, 0) is 76.7 Å². The van der Waals surface area contributed by atoms with Crippen LogP contribution in [0.1, 0.15) is 16.7 Å². The van der Waals surface area contributed by atoms with Crippen LogP contribution >= 0.6 is 38.5 Å². The number of urea groups is 1. The molecule has 0 atom stereocenters. The number of methoxy groups -OCH3 is 1. The van der Waals surface area contributed by atoms with Gasteiger partial charge in [-0.2, -0.15) is 5.26 Å². The van der Waals surface area contributed by atoms with Gasteiger partial charge in [-0.3, -0.25) is 14.9 Å². The van der Waals surface area contributed by atoms with Crippen LogP contribution in [0.4, 0.5) is 10.5 Å². The third-order valence-electron chi connectivity index (χ3n) is 5.26. The van der Waals surface area contributed by atoms with E-state index in [0.717, 1.165) is 14.9 Å². The zero-order chi connectivity index (χ0) is 25.8. The number of nitrogens with zero attached hydrogens (tertiary/aromatic N) is 2. The summed E-state index contributed by atoms with van der Waals surface area (Å²) in [5.41, 5.74) is 1.87. The number of carbonyl (C=O) groups excluding carboxylic acids is 3. The Kier molecular flexibility index (Phi) is 7.71. The number of hydrogen-bond acceptors (Lipinski definition) is 6. The van der Waals surface area contributed by atoms with Gasteiger partial charge >= 0.3 is 6.03 Å². The number of nitrogens with one attached hydrogen (secondary N) is 1. The van der Waals surface area contributed by atoms with Crippen LogP contribution in [0, 0.1) is 14.9 Å². The summed E-state index contributed by atoms with van der Waals surface area (Å²) in [6.07, 6.45) is 1.40. The van der Waals surface area contributed by atoms with Crippen molar-refractivity contribution in [2.75, 3.05) is 12.0 Å². The monoisotopic (exact) mass is 657 g/mol. The molecule has 0 unspecified atom stereocenters. The Balaban J connectivity index is 1.65. The van der Waals surface area contributed by atoms with E-state index in [9.17, 15) is 19.6 Å². The van der Waals surface area contributed by atoms with Gasteiger partial charge in [-0.1, -0.05) is 34.1 Å². The second kappa shape index (κ2) is 10.9. The van der Waals surface area contributed by atoms with Crippen molar-refractivity contribution in [2.45, 2.75) is 6.61 Å². The molecule has 0 spiro atoms. The number of hydrogen-bond donors (Lipinski definition) is 1. The van der Waals surface area contributed by atoms with E-state index in [1.807, 2.05) is 12.1 Å². The number of anilines is 1. The summed E-state index contributed by atoms with van der Waals surface area (Å²) in [6.45, 7) is 0.154. The van der Waals surface area contributed by atoms with Crippen molar-refractivity contribution >= 4 is 68.1 Å². The molecule has 10 heteroatoms. The first kappa shape index (κ1) is 25.4. The zero-order valence-corrected chi connectivity index (χ0v) is 22.5. The first-order valence-corrected chi connectivity index (χ1v) is 12.3. The Labute approximate surface area is 228 Å². The van der Waals surface area contributed by atoms with Crippen LogP contribution < -0.4 is 19.7 Å². The summed E-state index contributed by atoms with van der Waals surface area (Å²) in [5.74, 6) is -0.693. The number of ether oxygens (including phenoxy) is 2. The Hall–Kier alpha value is -3.69. The second-order valence-corrected chi connectivity index (χ2v) is 9.60. The zero-order valence-electron chi connectivity index (χ0n) is 18.7. The highest BCUT2D eigenvalue weighted by atomic mass is 127. The second-order valence-electron chi connectivity index (χ2n) is 7.53. The third-order valence-corrected chi connectivity index (χ3v) is 6.59. The first-order valence-electron chi connectivity index (χ1n) is 10.5. The maximum atomic E-state index is 13.1. The highest BCUT2D eigenvalue weighted by molar-refractivity contribution is 14.1. The lowest BCUT2D eigenvalue weighted by Gasteiger charge is -2.26. The fourth-order valence-corrected chi connectivity index (χ4v) is 4.56. The molecule has 1 saturated heterocycles. The van der Waals surface area contributed by atoms with Crippen molar-refractivity contribution in [2.24, 2.45) is 0 Å². The number of imide groups is 2. The van der Waals surface area contributed by atoms with Gasteiger partial charge < -0.3 is 9.47 Å². The molecule has 3 aromatic rings. The van der Waals surface area contributed by atoms with E-state index in [-0.39, 0.29) is 12.2 Å². The number of benzene rings is 3. The highest BCUT2D eigenvalue weighted by Gasteiger charge is 2.36. The molecule has 4 amide bonds. The topological polar surface area (TPSA) is 109 Å². The molecule has 0 aliphatic carbocycles. The molecule has 1 aliphatic heterocycles. The van der Waals surface area contributed by atoms with E-state index >= 15 is 0 Å². The van der Waals surface area contributed by atoms with Crippen molar-refractivity contribution in [1.82, 2.24) is 5.32 Å². The minimum atomic E-state index is -0.821. The summed E-state index contributed by atoms with van der Waals surface area (Å²) in [7, 11) is 1.48. The molecule has 0 radical (unpaired) electrons. The Bertz CT molecular complexity index is 1450. The predicted octanol–water partition coefficient (Wildman–Crippen LogP) is 5.18. The average molecular weight is 658 g/mol. The van der Waals surface area contributed by atoms with Gasteiger partial charge in [-0.15, -0.1) is 0 Å². The fourth-order valence-electron chi connectivity index (χ4n) is 3.52. The van der Waals surface area contributed by atoms with Gasteiger partial charge in [0.1, 0.15) is 12.2 Å². The van der Waals surface area contributed by atoms with Gasteiger partial charge in [-0.25, -0.2) is 9.69 Å². The Morgan fingerprint density at radius 2 is 1.83 bits per heavy atom. The van der Waals surface area contributed by atoms with Gasteiger partial charge in [0.15, 0.2) is 11.5 Å². The third kappa shape index (κ3) is 5.27. The van der Waals surface area contributed by atoms with Gasteiger partial charge in [0.25, 0.3) is 11.8 Å². The summed E-state index contributed by atoms with van der Waals surface area (Å²) in [5, 5.41) is 11.5. The van der Waals surface area contributed by atoms with Crippen molar-refractivity contribution in [1.29, 1.82) is 5.26 Å². The number of carbonyl (C=O) groups is 3. The van der Waals surface area contributed by atoms with Gasteiger partial charge in [0.2, 0.25) is 0 Å². The van der Waals surface area contributed by atoms with E-state index in [4.69, 9.17) is 9.47 Å². The van der Waals surface area contributed by atoms with Crippen molar-refractivity contribution in [3.05, 3.63) is 91.0 Å². The first-order chi connectivity index (χ1) is 17.3. The minimum Gasteiger partial charge on any atom is -0.493 e. The molecule has 1 aliphatic rings. The van der Waals surface area contributed by atoms with E-state index in [0.29, 0.717) is 31.9 Å². The normalized spacial score (nSPS) is 14.4. The number of nitriles is 1. The maximum absolute atomic E-state index is 13.1. The number of rotatable bonds is 6. The maximum Gasteiger partial charge on any atom is 0.335 e. The minimum absolute atomic E-state index is 0.154. The lowest BCUT2D eigenvalue weighted by Crippen LogP contribution is -2.54. The van der Waals surface area contributed by atoms with Gasteiger partial charge in [0.05, 0.1) is 28.0 Å². The number of halogens is 2. The molecular weight excluding hydrogens is 641 g/mol. The van der Waals surface area contributed by atoms with Crippen LogP contribution in [0.2, 0.25) is 0 Å². The van der Waals surface area contributed by atoms with E-state index < -0.39 is 17.8 Å². The Morgan fingerprint density at radius 3 is 2.53 bits per heavy atom. The number of amides is 4. The average Bonchev–Trinajstić information content (AvgIpc) is 2.86. The number of barbiturate groups is 1. The molecule has 1 N–H and O–H groups in total. The smallest absolute Gasteiger partial charge is 0.335 e. The molecule has 0 bridgehead atoms. The summed E-state index contributed by atoms with van der Waals surface area (Å²) in [6, 6.07) is 18.4. The van der Waals surface area contributed by atoms with Gasteiger partial charge in [0, 0.05) is 10.0 Å². The molecule has 8 nitrogen and oxygen atoms in total. The molecule has 1 heterocycles. The molecule has 1 fully saturated rings. The van der Waals surface area contributed by atoms with Crippen LogP contribution in [0.15, 0.2) is 70.7 Å². The van der Waals surface area contributed by atoms with Crippen molar-refractivity contribution < 1.29 is 23.9 Å². The molecule has 0 saturated carbocycles. The van der Waals surface area contributed by atoms with E-state index in [1.54, 1.807) is 48.5 Å². The Morgan fingerprint density at radius 1 is 1.11 bits per heavy atom. The van der Waals surface area contributed by atoms with Crippen LogP contribution in [-0.2, 0) is 16.2 Å². The standard InChI is InChI=1S/C26H17BrIN3O5/c1-35-22-12-15(11-21(28)23(22)36-14-17-5-3-2-4-16(17)13-29)10-20-24(32)30-26(34)31(25(20)33)19-8-6-18(27)7-9-19/h2-12H,14H2,1H3,(H,30,32,34)/b20-10+. The van der Waals surface area contributed by atoms with Crippen molar-refractivity contribution in [3.63, 3.8) is 0 Å². The van der Waals surface area contributed by atoms with Crippen LogP contribution in [0.25, 0.3) is 6.08 Å². The van der Waals surface area contributed by atoms with E-state index in [2.05, 4.69) is 49.9 Å². The SMILES string of the molecule is COc1cc(/C=C2\C(=O)NC(=O)N(c3ccc(Br)cc3)C2=O)cc(I)c1OCc1ccccc1C#N. The predicted molar refractivity (Wildman–Crippen MR) is 144 cm³/mol. The summed E-state index contributed by atoms with van der Waals surface area (Å²) in [4.78, 5) is 39.0.